The van der Waals surface area contributed by atoms with Crippen molar-refractivity contribution in [1.29, 1.82) is 0 Å². The number of carbonyl (C=O) groups is 1. The zero-order valence-electron chi connectivity index (χ0n) is 18.5. The van der Waals surface area contributed by atoms with Gasteiger partial charge in [0.15, 0.2) is 5.43 Å². The monoisotopic (exact) mass is 561 g/mol. The molecule has 0 saturated carbocycles. The SMILES string of the molecule is Cc1cc2c(cc1OCC(C)(C)COI)OC(c1ccccc1)n1cc(C(=O)O)c(=O)cc1-2. The van der Waals surface area contributed by atoms with E-state index in [1.165, 1.54) is 12.3 Å². The molecule has 1 N–H and O–H groups in total. The molecule has 2 aromatic carbocycles. The van der Waals surface area contributed by atoms with Crippen molar-refractivity contribution in [3.05, 3.63) is 81.6 Å². The number of carboxylic acid groups (broad SMARTS) is 1. The minimum Gasteiger partial charge on any atom is -0.493 e. The number of fused-ring (bicyclic) bond motifs is 3. The molecule has 8 heteroatoms. The number of rotatable bonds is 7. The van der Waals surface area contributed by atoms with Crippen molar-refractivity contribution in [2.75, 3.05) is 13.2 Å². The molecule has 33 heavy (non-hydrogen) atoms. The summed E-state index contributed by atoms with van der Waals surface area (Å²) in [5, 5.41) is 9.48. The third-order valence-corrected chi connectivity index (χ3v) is 5.81. The summed E-state index contributed by atoms with van der Waals surface area (Å²) in [4.78, 5) is 24.2. The molecule has 1 unspecified atom stereocenters. The molecule has 172 valence electrons. The van der Waals surface area contributed by atoms with Crippen LogP contribution in [0.5, 0.6) is 11.5 Å². The van der Waals surface area contributed by atoms with Gasteiger partial charge in [0.1, 0.15) is 40.1 Å². The topological polar surface area (TPSA) is 87.0 Å². The fourth-order valence-electron chi connectivity index (χ4n) is 3.73. The van der Waals surface area contributed by atoms with Crippen molar-refractivity contribution in [2.24, 2.45) is 5.41 Å². The van der Waals surface area contributed by atoms with Crippen molar-refractivity contribution >= 4 is 29.0 Å². The minimum absolute atomic E-state index is 0.176. The second-order valence-corrected chi connectivity index (χ2v) is 9.47. The first-order valence-corrected chi connectivity index (χ1v) is 11.3. The predicted molar refractivity (Wildman–Crippen MR) is 132 cm³/mol. The molecule has 1 atom stereocenters. The van der Waals surface area contributed by atoms with Gasteiger partial charge in [-0.25, -0.2) is 4.79 Å². The molecule has 3 aromatic rings. The molecule has 1 aliphatic rings. The van der Waals surface area contributed by atoms with E-state index in [1.54, 1.807) is 4.57 Å². The summed E-state index contributed by atoms with van der Waals surface area (Å²) < 4.78 is 19.4. The van der Waals surface area contributed by atoms with E-state index in [9.17, 15) is 14.7 Å². The average Bonchev–Trinajstić information content (AvgIpc) is 2.77. The highest BCUT2D eigenvalue weighted by Gasteiger charge is 2.29. The Bertz CT molecular complexity index is 1250. The summed E-state index contributed by atoms with van der Waals surface area (Å²) in [6.45, 7) is 7.05. The number of hydrogen-bond acceptors (Lipinski definition) is 5. The molecule has 0 spiro atoms. The van der Waals surface area contributed by atoms with Gasteiger partial charge in [0.05, 0.1) is 18.9 Å². The first-order chi connectivity index (χ1) is 15.7. The molecule has 0 amide bonds. The fraction of sp³-hybridized carbons (Fsp3) is 0.280. The summed E-state index contributed by atoms with van der Waals surface area (Å²) in [5.41, 5.74) is 1.97. The number of aromatic nitrogens is 1. The van der Waals surface area contributed by atoms with Crippen molar-refractivity contribution in [3.63, 3.8) is 0 Å². The van der Waals surface area contributed by atoms with Gasteiger partial charge in [-0.1, -0.05) is 44.2 Å². The molecule has 1 aliphatic heterocycles. The van der Waals surface area contributed by atoms with Gasteiger partial charge >= 0.3 is 5.97 Å². The summed E-state index contributed by atoms with van der Waals surface area (Å²) in [6.07, 6.45) is 0.721. The lowest BCUT2D eigenvalue weighted by atomic mass is 9.96. The van der Waals surface area contributed by atoms with Gasteiger partial charge in [-0.2, -0.15) is 0 Å². The van der Waals surface area contributed by atoms with Crippen LogP contribution in [0.2, 0.25) is 0 Å². The molecular formula is C25H24INO6. The first kappa shape index (κ1) is 23.3. The van der Waals surface area contributed by atoms with Gasteiger partial charge in [-0.15, -0.1) is 0 Å². The quantitative estimate of drug-likeness (QED) is 0.398. The van der Waals surface area contributed by atoms with E-state index >= 15 is 0 Å². The van der Waals surface area contributed by atoms with Crippen LogP contribution < -0.4 is 14.9 Å². The summed E-state index contributed by atoms with van der Waals surface area (Å²) in [5.74, 6) is -0.0270. The number of aryl methyl sites for hydroxylation is 1. The smallest absolute Gasteiger partial charge is 0.341 e. The Balaban J connectivity index is 1.82. The maximum atomic E-state index is 12.5. The number of pyridine rings is 1. The lowest BCUT2D eigenvalue weighted by Gasteiger charge is -2.32. The van der Waals surface area contributed by atoms with E-state index < -0.39 is 17.6 Å². The number of ether oxygens (including phenoxy) is 2. The van der Waals surface area contributed by atoms with Crippen molar-refractivity contribution in [3.8, 4) is 22.8 Å². The molecule has 0 bridgehead atoms. The second-order valence-electron chi connectivity index (χ2n) is 8.85. The van der Waals surface area contributed by atoms with E-state index in [0.717, 1.165) is 11.1 Å². The first-order valence-electron chi connectivity index (χ1n) is 10.4. The summed E-state index contributed by atoms with van der Waals surface area (Å²) >= 11 is 1.88. The van der Waals surface area contributed by atoms with Crippen LogP contribution in [-0.4, -0.2) is 28.9 Å². The van der Waals surface area contributed by atoms with Crippen LogP contribution in [0.15, 0.2) is 59.5 Å². The zero-order valence-corrected chi connectivity index (χ0v) is 20.7. The maximum absolute atomic E-state index is 12.5. The maximum Gasteiger partial charge on any atom is 0.341 e. The van der Waals surface area contributed by atoms with Crippen LogP contribution >= 0.6 is 23.0 Å². The van der Waals surface area contributed by atoms with E-state index in [-0.39, 0.29) is 11.0 Å². The Hall–Kier alpha value is -2.85. The van der Waals surface area contributed by atoms with Gasteiger partial charge in [0.2, 0.25) is 6.23 Å². The van der Waals surface area contributed by atoms with E-state index in [4.69, 9.17) is 12.5 Å². The largest absolute Gasteiger partial charge is 0.493 e. The molecule has 2 heterocycles. The zero-order chi connectivity index (χ0) is 23.8. The third-order valence-electron chi connectivity index (χ3n) is 5.50. The molecule has 0 radical (unpaired) electrons. The summed E-state index contributed by atoms with van der Waals surface area (Å²) in [6, 6.07) is 14.6. The fourth-order valence-corrected chi connectivity index (χ4v) is 4.57. The van der Waals surface area contributed by atoms with Gasteiger partial charge in [-0.3, -0.25) is 4.79 Å². The molecule has 0 fully saturated rings. The van der Waals surface area contributed by atoms with Gasteiger partial charge in [0, 0.05) is 34.9 Å². The highest BCUT2D eigenvalue weighted by Crippen LogP contribution is 2.43. The molecule has 0 aliphatic carbocycles. The molecule has 7 nitrogen and oxygen atoms in total. The number of carboxylic acids is 1. The van der Waals surface area contributed by atoms with Crippen molar-refractivity contribution in [2.45, 2.75) is 27.0 Å². The van der Waals surface area contributed by atoms with E-state index in [2.05, 4.69) is 13.8 Å². The Labute approximate surface area is 205 Å². The molecule has 1 aromatic heterocycles. The van der Waals surface area contributed by atoms with E-state index in [1.807, 2.05) is 72.4 Å². The van der Waals surface area contributed by atoms with Crippen molar-refractivity contribution < 1.29 is 22.4 Å². The summed E-state index contributed by atoms with van der Waals surface area (Å²) in [7, 11) is 0. The average molecular weight is 561 g/mol. The highest BCUT2D eigenvalue weighted by molar-refractivity contribution is 14.1. The van der Waals surface area contributed by atoms with Crippen molar-refractivity contribution in [1.82, 2.24) is 4.57 Å². The van der Waals surface area contributed by atoms with Crippen LogP contribution in [-0.2, 0) is 3.07 Å². The standard InChI is InChI=1S/C25H24INO6/c1-15-9-17-19-10-20(28)18(24(29)30)12-27(19)23(16-7-5-4-6-8-16)33-22(17)11-21(15)31-13-25(2,3)14-32-26/h4-12,23H,13-14H2,1-3H3,(H,29,30). The predicted octanol–water partition coefficient (Wildman–Crippen LogP) is 5.23. The Morgan fingerprint density at radius 1 is 1.18 bits per heavy atom. The van der Waals surface area contributed by atoms with Crippen LogP contribution in [0.1, 0.15) is 41.6 Å². The van der Waals surface area contributed by atoms with Gasteiger partial charge in [0.25, 0.3) is 0 Å². The minimum atomic E-state index is -1.27. The second kappa shape index (κ2) is 9.18. The highest BCUT2D eigenvalue weighted by atomic mass is 127. The van der Waals surface area contributed by atoms with Gasteiger partial charge < -0.3 is 22.2 Å². The number of hydrogen-bond donors (Lipinski definition) is 1. The number of aromatic carboxylic acids is 1. The molecular weight excluding hydrogens is 537 g/mol. The molecule has 4 rings (SSSR count). The number of nitrogens with zero attached hydrogens (tertiary/aromatic N) is 1. The third kappa shape index (κ3) is 4.77. The van der Waals surface area contributed by atoms with Crippen LogP contribution in [0, 0.1) is 12.3 Å². The number of halogens is 1. The Kier molecular flexibility index (Phi) is 6.49. The van der Waals surface area contributed by atoms with E-state index in [0.29, 0.717) is 36.0 Å². The van der Waals surface area contributed by atoms with Crippen LogP contribution in [0.25, 0.3) is 11.3 Å². The lowest BCUT2D eigenvalue weighted by Crippen LogP contribution is -2.28. The lowest BCUT2D eigenvalue weighted by molar-refractivity contribution is 0.0693. The Morgan fingerprint density at radius 3 is 2.58 bits per heavy atom. The molecule has 0 saturated heterocycles. The van der Waals surface area contributed by atoms with Gasteiger partial charge in [-0.05, 0) is 18.6 Å². The van der Waals surface area contributed by atoms with Crippen LogP contribution in [0.4, 0.5) is 0 Å². The Morgan fingerprint density at radius 2 is 1.91 bits per heavy atom. The number of benzene rings is 2. The normalized spacial score (nSPS) is 14.7. The van der Waals surface area contributed by atoms with Crippen LogP contribution in [0.3, 0.4) is 0 Å².